The van der Waals surface area contributed by atoms with Crippen LogP contribution in [0.5, 0.6) is 0 Å². The van der Waals surface area contributed by atoms with Gasteiger partial charge in [0.1, 0.15) is 0 Å². The van der Waals surface area contributed by atoms with Gasteiger partial charge in [0.15, 0.2) is 0 Å². The second-order valence-electron chi connectivity index (χ2n) is 5.87. The van der Waals surface area contributed by atoms with Gasteiger partial charge >= 0.3 is 0 Å². The minimum atomic E-state index is 0.0440. The van der Waals surface area contributed by atoms with E-state index in [0.29, 0.717) is 18.9 Å². The molecule has 1 unspecified atom stereocenters. The second-order valence-corrected chi connectivity index (χ2v) is 5.87. The number of carbonyl (C=O) groups is 1. The molecule has 0 spiro atoms. The summed E-state index contributed by atoms with van der Waals surface area (Å²) in [7, 11) is 0. The third-order valence-electron chi connectivity index (χ3n) is 4.16. The lowest BCUT2D eigenvalue weighted by Crippen LogP contribution is -2.31. The molecule has 1 aromatic rings. The highest BCUT2D eigenvalue weighted by Gasteiger charge is 2.25. The maximum atomic E-state index is 11.9. The molecule has 0 radical (unpaired) electrons. The number of amides is 1. The number of nitrogens with one attached hydrogen (secondary N) is 1. The van der Waals surface area contributed by atoms with Crippen molar-refractivity contribution in [2.45, 2.75) is 51.2 Å². The first kappa shape index (κ1) is 15.0. The Morgan fingerprint density at radius 3 is 2.60 bits per heavy atom. The molecule has 4 nitrogen and oxygen atoms in total. The van der Waals surface area contributed by atoms with Gasteiger partial charge in [0.05, 0.1) is 0 Å². The SMILES string of the molecule is CC(N)c1ccc(CNC(=O)C[C@@H]2CCC[C@H]2N)cc1. The molecular weight excluding hydrogens is 250 g/mol. The van der Waals surface area contributed by atoms with E-state index in [4.69, 9.17) is 11.5 Å². The molecule has 1 aliphatic rings. The third kappa shape index (κ3) is 4.05. The van der Waals surface area contributed by atoms with Crippen molar-refractivity contribution in [2.75, 3.05) is 0 Å². The Balaban J connectivity index is 1.78. The Morgan fingerprint density at radius 2 is 2.05 bits per heavy atom. The number of hydrogen-bond donors (Lipinski definition) is 3. The zero-order chi connectivity index (χ0) is 14.5. The van der Waals surface area contributed by atoms with Crippen molar-refractivity contribution in [3.63, 3.8) is 0 Å². The molecule has 1 fully saturated rings. The molecule has 0 aliphatic heterocycles. The van der Waals surface area contributed by atoms with Crippen molar-refractivity contribution >= 4 is 5.91 Å². The maximum Gasteiger partial charge on any atom is 0.220 e. The number of rotatable bonds is 5. The van der Waals surface area contributed by atoms with Crippen LogP contribution in [0, 0.1) is 5.92 Å². The van der Waals surface area contributed by atoms with Crippen LogP contribution in [0.1, 0.15) is 49.8 Å². The average molecular weight is 275 g/mol. The molecule has 1 aliphatic carbocycles. The van der Waals surface area contributed by atoms with Crippen molar-refractivity contribution in [1.82, 2.24) is 5.32 Å². The third-order valence-corrected chi connectivity index (χ3v) is 4.16. The number of benzene rings is 1. The van der Waals surface area contributed by atoms with Crippen LogP contribution in [0.4, 0.5) is 0 Å². The van der Waals surface area contributed by atoms with Crippen LogP contribution in [-0.2, 0) is 11.3 Å². The van der Waals surface area contributed by atoms with Gasteiger partial charge in [-0.05, 0) is 36.8 Å². The second kappa shape index (κ2) is 6.86. The van der Waals surface area contributed by atoms with Gasteiger partial charge in [0.25, 0.3) is 0 Å². The maximum absolute atomic E-state index is 11.9. The standard InChI is InChI=1S/C16H25N3O/c1-11(17)13-7-5-12(6-8-13)10-19-16(20)9-14-3-2-4-15(14)18/h5-8,11,14-15H,2-4,9-10,17-18H2,1H3,(H,19,20)/t11?,14-,15+/m0/s1. The quantitative estimate of drug-likeness (QED) is 0.767. The number of carbonyl (C=O) groups excluding carboxylic acids is 1. The molecule has 1 saturated carbocycles. The molecule has 0 bridgehead atoms. The summed E-state index contributed by atoms with van der Waals surface area (Å²) in [4.78, 5) is 11.9. The van der Waals surface area contributed by atoms with Crippen LogP contribution in [0.2, 0.25) is 0 Å². The molecule has 1 amide bonds. The van der Waals surface area contributed by atoms with Crippen molar-refractivity contribution in [1.29, 1.82) is 0 Å². The van der Waals surface area contributed by atoms with Gasteiger partial charge in [-0.2, -0.15) is 0 Å². The van der Waals surface area contributed by atoms with Crippen LogP contribution in [0.3, 0.4) is 0 Å². The van der Waals surface area contributed by atoms with Gasteiger partial charge < -0.3 is 16.8 Å². The summed E-state index contributed by atoms with van der Waals surface area (Å²) in [6.45, 7) is 2.53. The van der Waals surface area contributed by atoms with Crippen LogP contribution in [0.25, 0.3) is 0 Å². The van der Waals surface area contributed by atoms with Crippen molar-refractivity contribution in [2.24, 2.45) is 17.4 Å². The highest BCUT2D eigenvalue weighted by atomic mass is 16.1. The first-order valence-electron chi connectivity index (χ1n) is 7.43. The Bertz CT molecular complexity index is 442. The van der Waals surface area contributed by atoms with Crippen LogP contribution in [-0.4, -0.2) is 11.9 Å². The van der Waals surface area contributed by atoms with Crippen molar-refractivity contribution in [3.8, 4) is 0 Å². The average Bonchev–Trinajstić information content (AvgIpc) is 2.82. The van der Waals surface area contributed by atoms with E-state index in [0.717, 1.165) is 30.4 Å². The minimum absolute atomic E-state index is 0.0440. The Hall–Kier alpha value is -1.39. The predicted octanol–water partition coefficient (Wildman–Crippen LogP) is 1.84. The zero-order valence-electron chi connectivity index (χ0n) is 12.1. The van der Waals surface area contributed by atoms with Crippen molar-refractivity contribution < 1.29 is 4.79 Å². The highest BCUT2D eigenvalue weighted by molar-refractivity contribution is 5.76. The van der Waals surface area contributed by atoms with E-state index < -0.39 is 0 Å². The molecule has 20 heavy (non-hydrogen) atoms. The fraction of sp³-hybridized carbons (Fsp3) is 0.562. The summed E-state index contributed by atoms with van der Waals surface area (Å²) in [6.07, 6.45) is 3.84. The van der Waals surface area contributed by atoms with Gasteiger partial charge in [0, 0.05) is 25.0 Å². The summed E-state index contributed by atoms with van der Waals surface area (Å²) in [5.41, 5.74) is 14.0. The van der Waals surface area contributed by atoms with Crippen molar-refractivity contribution in [3.05, 3.63) is 35.4 Å². The summed E-state index contributed by atoms with van der Waals surface area (Å²) >= 11 is 0. The van der Waals surface area contributed by atoms with E-state index in [1.165, 1.54) is 0 Å². The molecular formula is C16H25N3O. The van der Waals surface area contributed by atoms with Crippen LogP contribution < -0.4 is 16.8 Å². The largest absolute Gasteiger partial charge is 0.352 e. The molecule has 0 heterocycles. The Kier molecular flexibility index (Phi) is 5.15. The van der Waals surface area contributed by atoms with Gasteiger partial charge in [-0.25, -0.2) is 0 Å². The smallest absolute Gasteiger partial charge is 0.220 e. The Labute approximate surface area is 120 Å². The van der Waals surface area contributed by atoms with Gasteiger partial charge in [0.2, 0.25) is 5.91 Å². The first-order chi connectivity index (χ1) is 9.56. The molecule has 1 aromatic carbocycles. The first-order valence-corrected chi connectivity index (χ1v) is 7.43. The van der Waals surface area contributed by atoms with Gasteiger partial charge in [-0.15, -0.1) is 0 Å². The van der Waals surface area contributed by atoms with E-state index in [9.17, 15) is 4.79 Å². The monoisotopic (exact) mass is 275 g/mol. The van der Waals surface area contributed by atoms with Crippen LogP contribution >= 0.6 is 0 Å². The molecule has 0 aromatic heterocycles. The molecule has 4 heteroatoms. The van der Waals surface area contributed by atoms with E-state index in [1.54, 1.807) is 0 Å². The topological polar surface area (TPSA) is 81.1 Å². The lowest BCUT2D eigenvalue weighted by atomic mass is 10.00. The minimum Gasteiger partial charge on any atom is -0.352 e. The van der Waals surface area contributed by atoms with Crippen LogP contribution in [0.15, 0.2) is 24.3 Å². The highest BCUT2D eigenvalue weighted by Crippen LogP contribution is 2.26. The van der Waals surface area contributed by atoms with Gasteiger partial charge in [-0.3, -0.25) is 4.79 Å². The summed E-state index contributed by atoms with van der Waals surface area (Å²) in [5, 5.41) is 2.97. The molecule has 0 saturated heterocycles. The zero-order valence-corrected chi connectivity index (χ0v) is 12.1. The fourth-order valence-corrected chi connectivity index (χ4v) is 2.77. The molecule has 5 N–H and O–H groups in total. The van der Waals surface area contributed by atoms with E-state index in [2.05, 4.69) is 5.32 Å². The molecule has 3 atom stereocenters. The van der Waals surface area contributed by atoms with E-state index >= 15 is 0 Å². The number of hydrogen-bond acceptors (Lipinski definition) is 3. The lowest BCUT2D eigenvalue weighted by Gasteiger charge is -2.15. The fourth-order valence-electron chi connectivity index (χ4n) is 2.77. The van der Waals surface area contributed by atoms with Gasteiger partial charge in [-0.1, -0.05) is 30.7 Å². The Morgan fingerprint density at radius 1 is 1.35 bits per heavy atom. The van der Waals surface area contributed by atoms with E-state index in [1.807, 2.05) is 31.2 Å². The summed E-state index contributed by atoms with van der Waals surface area (Å²) < 4.78 is 0. The number of nitrogens with two attached hydrogens (primary N) is 2. The molecule has 110 valence electrons. The summed E-state index contributed by atoms with van der Waals surface area (Å²) in [5.74, 6) is 0.457. The van der Waals surface area contributed by atoms with E-state index in [-0.39, 0.29) is 18.0 Å². The predicted molar refractivity (Wildman–Crippen MR) is 80.8 cm³/mol. The normalized spacial score (nSPS) is 23.6. The molecule has 2 rings (SSSR count). The summed E-state index contributed by atoms with van der Waals surface area (Å²) in [6, 6.07) is 8.30. The lowest BCUT2D eigenvalue weighted by molar-refractivity contribution is -0.122.